The Balaban J connectivity index is 1.89. The number of allylic oxidation sites excluding steroid dienone is 1. The minimum absolute atomic E-state index is 0.874. The Morgan fingerprint density at radius 2 is 1.30 bits per heavy atom. The molecule has 0 N–H and O–H groups in total. The number of methoxy groups -OCH3 is 1. The van der Waals surface area contributed by atoms with E-state index < -0.39 is 0 Å². The lowest BCUT2D eigenvalue weighted by atomic mass is 9.96. The molecule has 23 heavy (non-hydrogen) atoms. The maximum atomic E-state index is 5.21. The van der Waals surface area contributed by atoms with Gasteiger partial charge in [0.05, 0.1) is 7.11 Å². The van der Waals surface area contributed by atoms with Gasteiger partial charge in [0.2, 0.25) is 0 Å². The zero-order chi connectivity index (χ0) is 16.1. The second-order valence-corrected chi connectivity index (χ2v) is 5.24. The first kappa shape index (κ1) is 15.0. The second-order valence-electron chi connectivity index (χ2n) is 5.24. The summed E-state index contributed by atoms with van der Waals surface area (Å²) in [6.07, 6.45) is 5.78. The molecule has 0 saturated heterocycles. The van der Waals surface area contributed by atoms with Crippen LogP contribution >= 0.6 is 0 Å². The monoisotopic (exact) mass is 301 g/mol. The average Bonchev–Trinajstić information content (AvgIpc) is 2.64. The van der Waals surface area contributed by atoms with Gasteiger partial charge in [-0.05, 0) is 59.0 Å². The van der Waals surface area contributed by atoms with Crippen molar-refractivity contribution < 1.29 is 4.74 Å². The molecule has 0 atom stereocenters. The van der Waals surface area contributed by atoms with Crippen molar-refractivity contribution in [2.24, 2.45) is 0 Å². The summed E-state index contributed by atoms with van der Waals surface area (Å²) in [7, 11) is 1.68. The molecule has 3 rings (SSSR count). The molecule has 0 unspecified atom stereocenters. The second kappa shape index (κ2) is 6.93. The lowest BCUT2D eigenvalue weighted by Gasteiger charge is -2.09. The molecule has 2 nitrogen and oxygen atoms in total. The number of pyridine rings is 1. The predicted molar refractivity (Wildman–Crippen MR) is 95.4 cm³/mol. The molecule has 0 bridgehead atoms. The number of nitrogens with zero attached hydrogens (tertiary/aromatic N) is 1. The largest absolute Gasteiger partial charge is 0.497 e. The van der Waals surface area contributed by atoms with E-state index in [2.05, 4.69) is 54.4 Å². The minimum Gasteiger partial charge on any atom is -0.497 e. The number of rotatable bonds is 4. The van der Waals surface area contributed by atoms with Gasteiger partial charge in [-0.25, -0.2) is 0 Å². The highest BCUT2D eigenvalue weighted by Gasteiger charge is 2.05. The van der Waals surface area contributed by atoms with E-state index in [1.807, 2.05) is 36.7 Å². The lowest BCUT2D eigenvalue weighted by molar-refractivity contribution is 0.415. The third kappa shape index (κ3) is 3.32. The topological polar surface area (TPSA) is 22.1 Å². The highest BCUT2D eigenvalue weighted by Crippen LogP contribution is 2.27. The summed E-state index contributed by atoms with van der Waals surface area (Å²) in [6, 6.07) is 20.8. The number of ether oxygens (including phenoxy) is 1. The third-order valence-electron chi connectivity index (χ3n) is 3.90. The number of benzene rings is 2. The summed E-state index contributed by atoms with van der Waals surface area (Å²) in [5.74, 6) is 0.874. The highest BCUT2D eigenvalue weighted by atomic mass is 16.5. The summed E-state index contributed by atoms with van der Waals surface area (Å²) in [4.78, 5) is 4.09. The third-order valence-corrected chi connectivity index (χ3v) is 3.90. The fourth-order valence-electron chi connectivity index (χ4n) is 2.66. The van der Waals surface area contributed by atoms with E-state index >= 15 is 0 Å². The zero-order valence-corrected chi connectivity index (χ0v) is 13.4. The summed E-state index contributed by atoms with van der Waals surface area (Å²) in [5, 5.41) is 0. The van der Waals surface area contributed by atoms with Crippen molar-refractivity contribution in [3.8, 4) is 16.9 Å². The van der Waals surface area contributed by atoms with Crippen LogP contribution in [-0.2, 0) is 0 Å². The summed E-state index contributed by atoms with van der Waals surface area (Å²) < 4.78 is 5.21. The molecule has 2 heteroatoms. The van der Waals surface area contributed by atoms with E-state index in [0.29, 0.717) is 0 Å². The molecular weight excluding hydrogens is 282 g/mol. The lowest BCUT2D eigenvalue weighted by Crippen LogP contribution is -1.88. The average molecular weight is 301 g/mol. The zero-order valence-electron chi connectivity index (χ0n) is 13.4. The van der Waals surface area contributed by atoms with E-state index in [4.69, 9.17) is 4.74 Å². The molecule has 0 aliphatic heterocycles. The molecule has 1 aromatic heterocycles. The predicted octanol–water partition coefficient (Wildman–Crippen LogP) is 5.21. The van der Waals surface area contributed by atoms with Gasteiger partial charge in [-0.3, -0.25) is 4.98 Å². The van der Waals surface area contributed by atoms with Crippen LogP contribution < -0.4 is 4.74 Å². The van der Waals surface area contributed by atoms with Gasteiger partial charge >= 0.3 is 0 Å². The molecule has 0 fully saturated rings. The quantitative estimate of drug-likeness (QED) is 0.660. The molecule has 0 aliphatic carbocycles. The van der Waals surface area contributed by atoms with Crippen LogP contribution in [0.25, 0.3) is 16.7 Å². The van der Waals surface area contributed by atoms with Gasteiger partial charge in [0, 0.05) is 12.4 Å². The van der Waals surface area contributed by atoms with Gasteiger partial charge in [-0.15, -0.1) is 0 Å². The van der Waals surface area contributed by atoms with Gasteiger partial charge in [0.15, 0.2) is 0 Å². The number of aromatic nitrogens is 1. The fourth-order valence-corrected chi connectivity index (χ4v) is 2.66. The van der Waals surface area contributed by atoms with E-state index in [0.717, 1.165) is 5.75 Å². The van der Waals surface area contributed by atoms with Gasteiger partial charge < -0.3 is 4.74 Å². The Hall–Kier alpha value is -2.87. The van der Waals surface area contributed by atoms with Crippen LogP contribution in [0.4, 0.5) is 0 Å². The van der Waals surface area contributed by atoms with Gasteiger partial charge in [-0.2, -0.15) is 0 Å². The smallest absolute Gasteiger partial charge is 0.118 e. The van der Waals surface area contributed by atoms with Gasteiger partial charge in [0.25, 0.3) is 0 Å². The van der Waals surface area contributed by atoms with Gasteiger partial charge in [0.1, 0.15) is 5.75 Å². The summed E-state index contributed by atoms with van der Waals surface area (Å²) in [6.45, 7) is 2.06. The summed E-state index contributed by atoms with van der Waals surface area (Å²) >= 11 is 0. The first-order valence-corrected chi connectivity index (χ1v) is 7.63. The van der Waals surface area contributed by atoms with Crippen LogP contribution in [0.3, 0.4) is 0 Å². The van der Waals surface area contributed by atoms with Gasteiger partial charge in [-0.1, -0.05) is 42.5 Å². The highest BCUT2D eigenvalue weighted by molar-refractivity contribution is 5.80. The Kier molecular flexibility index (Phi) is 4.53. The SMILES string of the molecule is C/C=C(/c1ccncc1)c1ccc(-c2ccc(OC)cc2)cc1. The molecular formula is C21H19NO. The van der Waals surface area contributed by atoms with E-state index in [1.54, 1.807) is 7.11 Å². The van der Waals surface area contributed by atoms with Crippen LogP contribution in [0, 0.1) is 0 Å². The number of hydrogen-bond donors (Lipinski definition) is 0. The molecule has 0 saturated carbocycles. The Morgan fingerprint density at radius 3 is 1.83 bits per heavy atom. The first-order chi connectivity index (χ1) is 11.3. The maximum absolute atomic E-state index is 5.21. The van der Waals surface area contributed by atoms with Crippen molar-refractivity contribution in [1.29, 1.82) is 0 Å². The molecule has 1 heterocycles. The van der Waals surface area contributed by atoms with Crippen molar-refractivity contribution in [3.63, 3.8) is 0 Å². The van der Waals surface area contributed by atoms with E-state index in [-0.39, 0.29) is 0 Å². The van der Waals surface area contributed by atoms with Crippen molar-refractivity contribution >= 4 is 5.57 Å². The van der Waals surface area contributed by atoms with E-state index in [1.165, 1.54) is 27.8 Å². The maximum Gasteiger partial charge on any atom is 0.118 e. The van der Waals surface area contributed by atoms with Crippen molar-refractivity contribution in [3.05, 3.63) is 90.3 Å². The molecule has 2 aromatic carbocycles. The van der Waals surface area contributed by atoms with Crippen LogP contribution in [0.2, 0.25) is 0 Å². The molecule has 0 aliphatic rings. The molecule has 0 radical (unpaired) electrons. The Labute approximate surface area is 137 Å². The summed E-state index contributed by atoms with van der Waals surface area (Å²) in [5.41, 5.74) is 5.98. The molecule has 114 valence electrons. The Morgan fingerprint density at radius 1 is 0.783 bits per heavy atom. The fraction of sp³-hybridized carbons (Fsp3) is 0.0952. The van der Waals surface area contributed by atoms with Crippen molar-refractivity contribution in [2.75, 3.05) is 7.11 Å². The van der Waals surface area contributed by atoms with Crippen molar-refractivity contribution in [1.82, 2.24) is 4.98 Å². The normalized spacial score (nSPS) is 11.3. The number of hydrogen-bond acceptors (Lipinski definition) is 2. The van der Waals surface area contributed by atoms with E-state index in [9.17, 15) is 0 Å². The standard InChI is InChI=1S/C21H19NO/c1-3-21(19-12-14-22-15-13-19)18-6-4-16(5-7-18)17-8-10-20(23-2)11-9-17/h3-15H,1-2H3/b21-3+. The first-order valence-electron chi connectivity index (χ1n) is 7.63. The minimum atomic E-state index is 0.874. The van der Waals surface area contributed by atoms with Crippen LogP contribution in [0.5, 0.6) is 5.75 Å². The van der Waals surface area contributed by atoms with Crippen molar-refractivity contribution in [2.45, 2.75) is 6.92 Å². The van der Waals surface area contributed by atoms with Crippen LogP contribution in [0.15, 0.2) is 79.1 Å². The molecule has 0 spiro atoms. The van der Waals surface area contributed by atoms with Crippen LogP contribution in [-0.4, -0.2) is 12.1 Å². The molecule has 0 amide bonds. The van der Waals surface area contributed by atoms with Crippen LogP contribution in [0.1, 0.15) is 18.1 Å². The molecule has 3 aromatic rings. The Bertz CT molecular complexity index is 788.